The first kappa shape index (κ1) is 18.8. The molecule has 2 aromatic rings. The van der Waals surface area contributed by atoms with Gasteiger partial charge in [-0.2, -0.15) is 0 Å². The molecule has 140 valence electrons. The van der Waals surface area contributed by atoms with Gasteiger partial charge in [0.1, 0.15) is 6.61 Å². The molecule has 0 saturated carbocycles. The third-order valence-corrected chi connectivity index (χ3v) is 4.53. The molecule has 0 spiro atoms. The number of rotatable bonds is 7. The molecular weight excluding hydrogens is 344 g/mol. The summed E-state index contributed by atoms with van der Waals surface area (Å²) in [6.07, 6.45) is 3.78. The second kappa shape index (κ2) is 9.09. The maximum Gasteiger partial charge on any atom is 0.335 e. The lowest BCUT2D eigenvalue weighted by molar-refractivity contribution is -0.385. The van der Waals surface area contributed by atoms with Crippen LogP contribution < -0.4 is 0 Å². The van der Waals surface area contributed by atoms with E-state index in [9.17, 15) is 14.9 Å². The van der Waals surface area contributed by atoms with E-state index < -0.39 is 10.9 Å². The maximum atomic E-state index is 12.7. The van der Waals surface area contributed by atoms with Gasteiger partial charge in [-0.1, -0.05) is 42.5 Å². The SMILES string of the molecule is O=C(OCc1ccccc1)/C(=C/c1ccccc1[N+](=O)[O-])CN1CCCC1. The minimum Gasteiger partial charge on any atom is -0.457 e. The minimum absolute atomic E-state index is 0.0210. The second-order valence-corrected chi connectivity index (χ2v) is 6.53. The number of likely N-dealkylation sites (tertiary alicyclic amines) is 1. The summed E-state index contributed by atoms with van der Waals surface area (Å²) in [6, 6.07) is 15.9. The van der Waals surface area contributed by atoms with Gasteiger partial charge in [0.05, 0.1) is 16.1 Å². The number of hydrogen-bond donors (Lipinski definition) is 0. The average molecular weight is 366 g/mol. The van der Waals surface area contributed by atoms with Crippen molar-refractivity contribution in [1.82, 2.24) is 4.90 Å². The first-order chi connectivity index (χ1) is 13.1. The molecular formula is C21H22N2O4. The molecule has 1 heterocycles. The Hall–Kier alpha value is -2.99. The Labute approximate surface area is 158 Å². The Kier molecular flexibility index (Phi) is 6.33. The summed E-state index contributed by atoms with van der Waals surface area (Å²) in [6.45, 7) is 2.44. The molecule has 27 heavy (non-hydrogen) atoms. The summed E-state index contributed by atoms with van der Waals surface area (Å²) >= 11 is 0. The van der Waals surface area contributed by atoms with Crippen LogP contribution in [0, 0.1) is 10.1 Å². The highest BCUT2D eigenvalue weighted by atomic mass is 16.6. The number of esters is 1. The molecule has 0 bridgehead atoms. The van der Waals surface area contributed by atoms with Crippen LogP contribution in [0.1, 0.15) is 24.0 Å². The van der Waals surface area contributed by atoms with E-state index in [1.54, 1.807) is 24.3 Å². The maximum absolute atomic E-state index is 12.7. The Bertz CT molecular complexity index is 827. The van der Waals surface area contributed by atoms with Crippen molar-refractivity contribution in [2.45, 2.75) is 19.4 Å². The number of para-hydroxylation sites is 1. The normalized spacial score (nSPS) is 14.9. The van der Waals surface area contributed by atoms with Gasteiger partial charge in [-0.25, -0.2) is 4.79 Å². The lowest BCUT2D eigenvalue weighted by Crippen LogP contribution is -2.26. The first-order valence-corrected chi connectivity index (χ1v) is 9.01. The Balaban J connectivity index is 1.81. The number of ether oxygens (including phenoxy) is 1. The molecule has 1 saturated heterocycles. The van der Waals surface area contributed by atoms with Gasteiger partial charge in [-0.05, 0) is 43.6 Å². The standard InChI is InChI=1S/C21H22N2O4/c24-21(27-16-17-8-2-1-3-9-17)19(15-22-12-6-7-13-22)14-18-10-4-5-11-20(18)23(25)26/h1-5,8-11,14H,6-7,12-13,15-16H2/b19-14+. The predicted molar refractivity (Wildman–Crippen MR) is 103 cm³/mol. The number of nitro groups is 1. The summed E-state index contributed by atoms with van der Waals surface area (Å²) in [7, 11) is 0. The summed E-state index contributed by atoms with van der Waals surface area (Å²) in [5.74, 6) is -0.441. The monoisotopic (exact) mass is 366 g/mol. The van der Waals surface area contributed by atoms with Gasteiger partial charge >= 0.3 is 5.97 Å². The zero-order chi connectivity index (χ0) is 19.1. The van der Waals surface area contributed by atoms with E-state index in [1.165, 1.54) is 6.07 Å². The van der Waals surface area contributed by atoms with Crippen molar-refractivity contribution >= 4 is 17.7 Å². The van der Waals surface area contributed by atoms with E-state index >= 15 is 0 Å². The molecule has 1 aliphatic heterocycles. The average Bonchev–Trinajstić information content (AvgIpc) is 3.20. The van der Waals surface area contributed by atoms with Crippen molar-refractivity contribution in [2.75, 3.05) is 19.6 Å². The number of nitro benzene ring substituents is 1. The van der Waals surface area contributed by atoms with Crippen LogP contribution in [0.5, 0.6) is 0 Å². The molecule has 0 radical (unpaired) electrons. The molecule has 1 aliphatic rings. The topological polar surface area (TPSA) is 72.7 Å². The van der Waals surface area contributed by atoms with E-state index in [0.29, 0.717) is 17.7 Å². The van der Waals surface area contributed by atoms with E-state index in [-0.39, 0.29) is 12.3 Å². The summed E-state index contributed by atoms with van der Waals surface area (Å²) in [5.41, 5.74) is 1.72. The van der Waals surface area contributed by atoms with Crippen LogP contribution in [-0.2, 0) is 16.1 Å². The van der Waals surface area contributed by atoms with Crippen molar-refractivity contribution in [3.05, 3.63) is 81.4 Å². The van der Waals surface area contributed by atoms with Crippen LogP contribution >= 0.6 is 0 Å². The Morgan fingerprint density at radius 1 is 1.07 bits per heavy atom. The number of hydrogen-bond acceptors (Lipinski definition) is 5. The molecule has 0 aromatic heterocycles. The van der Waals surface area contributed by atoms with Crippen LogP contribution in [0.15, 0.2) is 60.2 Å². The van der Waals surface area contributed by atoms with Crippen LogP contribution in [0.2, 0.25) is 0 Å². The number of benzene rings is 2. The number of carbonyl (C=O) groups is 1. The predicted octanol–water partition coefficient (Wildman–Crippen LogP) is 3.82. The zero-order valence-electron chi connectivity index (χ0n) is 15.0. The fraction of sp³-hybridized carbons (Fsp3) is 0.286. The molecule has 6 nitrogen and oxygen atoms in total. The van der Waals surface area contributed by atoms with Gasteiger partial charge in [-0.15, -0.1) is 0 Å². The van der Waals surface area contributed by atoms with E-state index in [1.807, 2.05) is 30.3 Å². The third-order valence-electron chi connectivity index (χ3n) is 4.53. The Morgan fingerprint density at radius 2 is 1.74 bits per heavy atom. The first-order valence-electron chi connectivity index (χ1n) is 9.01. The van der Waals surface area contributed by atoms with Gasteiger partial charge in [-0.3, -0.25) is 15.0 Å². The Morgan fingerprint density at radius 3 is 2.44 bits per heavy atom. The van der Waals surface area contributed by atoms with Crippen molar-refractivity contribution in [3.8, 4) is 0 Å². The highest BCUT2D eigenvalue weighted by Gasteiger charge is 2.20. The highest BCUT2D eigenvalue weighted by molar-refractivity contribution is 5.94. The largest absolute Gasteiger partial charge is 0.457 e. The fourth-order valence-corrected chi connectivity index (χ4v) is 3.13. The van der Waals surface area contributed by atoms with E-state index in [0.717, 1.165) is 31.5 Å². The molecule has 0 amide bonds. The molecule has 1 fully saturated rings. The molecule has 2 aromatic carbocycles. The molecule has 6 heteroatoms. The molecule has 0 unspecified atom stereocenters. The molecule has 3 rings (SSSR count). The molecule has 0 aliphatic carbocycles. The minimum atomic E-state index is -0.441. The van der Waals surface area contributed by atoms with Crippen LogP contribution in [0.4, 0.5) is 5.69 Å². The van der Waals surface area contributed by atoms with Gasteiger partial charge in [0.25, 0.3) is 5.69 Å². The number of nitrogens with zero attached hydrogens (tertiary/aromatic N) is 2. The lowest BCUT2D eigenvalue weighted by atomic mass is 10.1. The van der Waals surface area contributed by atoms with Gasteiger partial charge < -0.3 is 4.74 Å². The summed E-state index contributed by atoms with van der Waals surface area (Å²) in [5, 5.41) is 11.3. The fourth-order valence-electron chi connectivity index (χ4n) is 3.13. The third kappa shape index (κ3) is 5.24. The second-order valence-electron chi connectivity index (χ2n) is 6.53. The van der Waals surface area contributed by atoms with Gasteiger partial charge in [0.2, 0.25) is 0 Å². The quantitative estimate of drug-likeness (QED) is 0.322. The van der Waals surface area contributed by atoms with E-state index in [4.69, 9.17) is 4.74 Å². The molecule has 0 N–H and O–H groups in total. The highest BCUT2D eigenvalue weighted by Crippen LogP contribution is 2.22. The van der Waals surface area contributed by atoms with E-state index in [2.05, 4.69) is 4.90 Å². The zero-order valence-corrected chi connectivity index (χ0v) is 15.0. The van der Waals surface area contributed by atoms with Gasteiger partial charge in [0, 0.05) is 12.6 Å². The summed E-state index contributed by atoms with van der Waals surface area (Å²) < 4.78 is 5.47. The van der Waals surface area contributed by atoms with Crippen molar-refractivity contribution in [2.24, 2.45) is 0 Å². The van der Waals surface area contributed by atoms with Crippen molar-refractivity contribution < 1.29 is 14.5 Å². The molecule has 0 atom stereocenters. The van der Waals surface area contributed by atoms with Gasteiger partial charge in [0.15, 0.2) is 0 Å². The van der Waals surface area contributed by atoms with Crippen LogP contribution in [0.3, 0.4) is 0 Å². The lowest BCUT2D eigenvalue weighted by Gasteiger charge is -2.17. The summed E-state index contributed by atoms with van der Waals surface area (Å²) in [4.78, 5) is 25.7. The van der Waals surface area contributed by atoms with Crippen molar-refractivity contribution in [1.29, 1.82) is 0 Å². The van der Waals surface area contributed by atoms with Crippen molar-refractivity contribution in [3.63, 3.8) is 0 Å². The number of carbonyl (C=O) groups excluding carboxylic acids is 1. The van der Waals surface area contributed by atoms with Crippen LogP contribution in [0.25, 0.3) is 6.08 Å². The van der Waals surface area contributed by atoms with Crippen LogP contribution in [-0.4, -0.2) is 35.4 Å². The smallest absolute Gasteiger partial charge is 0.335 e.